The van der Waals surface area contributed by atoms with Crippen LogP contribution >= 0.6 is 15.9 Å². The van der Waals surface area contributed by atoms with E-state index in [1.807, 2.05) is 6.92 Å². The standard InChI is InChI=1S/C13H16BrN3O3S/c1-8-7-15-2-3-17(8)21(19,20)12-4-9-5-13(18)16-11(9)6-10(12)14/h4,6,8,15H,2-3,5,7H2,1H3,(H,16,18)/t8-/m0/s1. The summed E-state index contributed by atoms with van der Waals surface area (Å²) in [6.45, 7) is 3.62. The molecule has 0 saturated carbocycles. The van der Waals surface area contributed by atoms with Gasteiger partial charge in [0.1, 0.15) is 0 Å². The fraction of sp³-hybridized carbons (Fsp3) is 0.462. The highest BCUT2D eigenvalue weighted by molar-refractivity contribution is 9.10. The molecule has 2 aliphatic heterocycles. The lowest BCUT2D eigenvalue weighted by atomic mass is 10.2. The summed E-state index contributed by atoms with van der Waals surface area (Å²) in [7, 11) is -3.57. The predicted molar refractivity (Wildman–Crippen MR) is 82.7 cm³/mol. The van der Waals surface area contributed by atoms with Crippen LogP contribution in [0.5, 0.6) is 0 Å². The van der Waals surface area contributed by atoms with Crippen molar-refractivity contribution < 1.29 is 13.2 Å². The molecule has 1 saturated heterocycles. The molecule has 0 bridgehead atoms. The van der Waals surface area contributed by atoms with E-state index in [4.69, 9.17) is 0 Å². The summed E-state index contributed by atoms with van der Waals surface area (Å²) in [5.74, 6) is -0.109. The molecule has 1 atom stereocenters. The number of fused-ring (bicyclic) bond motifs is 1. The molecule has 0 radical (unpaired) electrons. The van der Waals surface area contributed by atoms with Gasteiger partial charge in [0.15, 0.2) is 0 Å². The summed E-state index contributed by atoms with van der Waals surface area (Å²) in [6, 6.07) is 3.17. The first-order valence-corrected chi connectivity index (χ1v) is 8.98. The van der Waals surface area contributed by atoms with Crippen molar-refractivity contribution >= 4 is 37.5 Å². The molecule has 1 aromatic carbocycles. The first-order chi connectivity index (χ1) is 9.89. The number of carbonyl (C=O) groups excluding carboxylic acids is 1. The lowest BCUT2D eigenvalue weighted by molar-refractivity contribution is -0.115. The fourth-order valence-corrected chi connectivity index (χ4v) is 5.42. The number of halogens is 1. The summed E-state index contributed by atoms with van der Waals surface area (Å²) in [5, 5.41) is 5.90. The lowest BCUT2D eigenvalue weighted by Gasteiger charge is -2.33. The van der Waals surface area contributed by atoms with Crippen molar-refractivity contribution in [2.24, 2.45) is 0 Å². The lowest BCUT2D eigenvalue weighted by Crippen LogP contribution is -2.52. The van der Waals surface area contributed by atoms with Gasteiger partial charge in [-0.1, -0.05) is 0 Å². The van der Waals surface area contributed by atoms with E-state index in [2.05, 4.69) is 26.6 Å². The number of nitrogens with one attached hydrogen (secondary N) is 2. The number of amides is 1. The SMILES string of the molecule is C[C@H]1CNCCN1S(=O)(=O)c1cc2c(cc1Br)NC(=O)C2. The zero-order valence-corrected chi connectivity index (χ0v) is 13.9. The molecule has 6 nitrogen and oxygen atoms in total. The van der Waals surface area contributed by atoms with E-state index in [0.29, 0.717) is 29.8 Å². The number of hydrogen-bond acceptors (Lipinski definition) is 4. The largest absolute Gasteiger partial charge is 0.325 e. The second-order valence-electron chi connectivity index (χ2n) is 5.33. The van der Waals surface area contributed by atoms with Crippen LogP contribution in [0.4, 0.5) is 5.69 Å². The van der Waals surface area contributed by atoms with Crippen LogP contribution in [0.2, 0.25) is 0 Å². The maximum atomic E-state index is 12.9. The van der Waals surface area contributed by atoms with Crippen LogP contribution in [0.1, 0.15) is 12.5 Å². The highest BCUT2D eigenvalue weighted by atomic mass is 79.9. The number of anilines is 1. The van der Waals surface area contributed by atoms with Crippen molar-refractivity contribution in [3.63, 3.8) is 0 Å². The second kappa shape index (κ2) is 5.35. The van der Waals surface area contributed by atoms with E-state index in [-0.39, 0.29) is 23.3 Å². The van der Waals surface area contributed by atoms with Gasteiger partial charge in [-0.3, -0.25) is 4.79 Å². The van der Waals surface area contributed by atoms with E-state index in [9.17, 15) is 13.2 Å². The smallest absolute Gasteiger partial charge is 0.244 e. The van der Waals surface area contributed by atoms with Gasteiger partial charge in [0.05, 0.1) is 11.3 Å². The number of rotatable bonds is 2. The van der Waals surface area contributed by atoms with Crippen molar-refractivity contribution in [2.75, 3.05) is 25.0 Å². The number of hydrogen-bond donors (Lipinski definition) is 2. The topological polar surface area (TPSA) is 78.5 Å². The Labute approximate surface area is 132 Å². The summed E-state index contributed by atoms with van der Waals surface area (Å²) < 4.78 is 27.7. The molecule has 2 N–H and O–H groups in total. The quantitative estimate of drug-likeness (QED) is 0.807. The van der Waals surface area contributed by atoms with Gasteiger partial charge in [-0.2, -0.15) is 4.31 Å². The molecule has 1 fully saturated rings. The Bertz CT molecular complexity index is 705. The first kappa shape index (κ1) is 15.0. The van der Waals surface area contributed by atoms with Crippen LogP contribution in [0.25, 0.3) is 0 Å². The zero-order valence-electron chi connectivity index (χ0n) is 11.5. The Morgan fingerprint density at radius 1 is 1.38 bits per heavy atom. The number of benzene rings is 1. The van der Waals surface area contributed by atoms with Gasteiger partial charge in [0.25, 0.3) is 0 Å². The third-order valence-corrected chi connectivity index (χ3v) is 6.78. The van der Waals surface area contributed by atoms with Crippen molar-refractivity contribution in [3.8, 4) is 0 Å². The van der Waals surface area contributed by atoms with Crippen molar-refractivity contribution in [3.05, 3.63) is 22.2 Å². The number of sulfonamides is 1. The molecule has 2 heterocycles. The average molecular weight is 374 g/mol. The van der Waals surface area contributed by atoms with Gasteiger partial charge in [0.2, 0.25) is 15.9 Å². The number of carbonyl (C=O) groups is 1. The molecule has 0 aromatic heterocycles. The van der Waals surface area contributed by atoms with E-state index >= 15 is 0 Å². The Hall–Kier alpha value is -0.960. The van der Waals surface area contributed by atoms with Gasteiger partial charge in [-0.25, -0.2) is 8.42 Å². The zero-order chi connectivity index (χ0) is 15.2. The van der Waals surface area contributed by atoms with Crippen LogP contribution in [0, 0.1) is 0 Å². The first-order valence-electron chi connectivity index (χ1n) is 6.74. The third-order valence-electron chi connectivity index (χ3n) is 3.81. The van der Waals surface area contributed by atoms with Crippen LogP contribution in [-0.4, -0.2) is 44.3 Å². The summed E-state index contributed by atoms with van der Waals surface area (Å²) >= 11 is 3.32. The molecule has 114 valence electrons. The van der Waals surface area contributed by atoms with Crippen molar-refractivity contribution in [1.82, 2.24) is 9.62 Å². The van der Waals surface area contributed by atoms with Crippen molar-refractivity contribution in [1.29, 1.82) is 0 Å². The molecular formula is C13H16BrN3O3S. The molecule has 0 aliphatic carbocycles. The van der Waals surface area contributed by atoms with Gasteiger partial charge in [-0.05, 0) is 40.5 Å². The van der Waals surface area contributed by atoms with E-state index in [1.54, 1.807) is 12.1 Å². The van der Waals surface area contributed by atoms with Gasteiger partial charge >= 0.3 is 0 Å². The van der Waals surface area contributed by atoms with Crippen LogP contribution in [0.15, 0.2) is 21.5 Å². The average Bonchev–Trinajstić information content (AvgIpc) is 2.77. The molecule has 2 aliphatic rings. The van der Waals surface area contributed by atoms with Crippen LogP contribution in [-0.2, 0) is 21.2 Å². The third kappa shape index (κ3) is 2.61. The number of nitrogens with zero attached hydrogens (tertiary/aromatic N) is 1. The van der Waals surface area contributed by atoms with Crippen molar-refractivity contribution in [2.45, 2.75) is 24.3 Å². The Morgan fingerprint density at radius 2 is 2.14 bits per heavy atom. The summed E-state index contributed by atoms with van der Waals surface area (Å²) in [4.78, 5) is 11.7. The molecule has 21 heavy (non-hydrogen) atoms. The monoisotopic (exact) mass is 373 g/mol. The minimum Gasteiger partial charge on any atom is -0.325 e. The van der Waals surface area contributed by atoms with E-state index in [0.717, 1.165) is 5.56 Å². The molecule has 8 heteroatoms. The van der Waals surface area contributed by atoms with Gasteiger partial charge < -0.3 is 10.6 Å². The minimum atomic E-state index is -3.57. The van der Waals surface area contributed by atoms with Crippen LogP contribution < -0.4 is 10.6 Å². The highest BCUT2D eigenvalue weighted by Gasteiger charge is 2.33. The molecule has 1 aromatic rings. The minimum absolute atomic E-state index is 0.0938. The molecule has 0 unspecified atom stereocenters. The van der Waals surface area contributed by atoms with Gasteiger partial charge in [0, 0.05) is 35.8 Å². The maximum Gasteiger partial charge on any atom is 0.244 e. The Kier molecular flexibility index (Phi) is 3.81. The Morgan fingerprint density at radius 3 is 2.86 bits per heavy atom. The highest BCUT2D eigenvalue weighted by Crippen LogP contribution is 2.34. The normalized spacial score (nSPS) is 23.0. The van der Waals surface area contributed by atoms with E-state index < -0.39 is 10.0 Å². The van der Waals surface area contributed by atoms with Gasteiger partial charge in [-0.15, -0.1) is 0 Å². The maximum absolute atomic E-state index is 12.9. The number of piperazine rings is 1. The Balaban J connectivity index is 2.03. The second-order valence-corrected chi connectivity index (χ2v) is 8.05. The summed E-state index contributed by atoms with van der Waals surface area (Å²) in [6.07, 6.45) is 0.224. The summed E-state index contributed by atoms with van der Waals surface area (Å²) in [5.41, 5.74) is 1.41. The van der Waals surface area contributed by atoms with Crippen LogP contribution in [0.3, 0.4) is 0 Å². The molecule has 1 amide bonds. The molecular weight excluding hydrogens is 358 g/mol. The molecule has 0 spiro atoms. The molecule has 3 rings (SSSR count). The predicted octanol–water partition coefficient (Wildman–Crippen LogP) is 0.926. The fourth-order valence-electron chi connectivity index (χ4n) is 2.73. The van der Waals surface area contributed by atoms with E-state index in [1.165, 1.54) is 4.31 Å².